The zero-order valence-electron chi connectivity index (χ0n) is 24.6. The largest absolute Gasteiger partial charge is 0.355 e. The third kappa shape index (κ3) is 6.46. The standard InChI is InChI=1S/C32H41Cl2N3O4S/c1-4-29(31(39)35-5-2)36(19-21-6-11-27(33)28(34)15-21)30(38)20-37(42(3,40)41)26-9-7-25(8-10-26)32-16-22-12-23(17-32)14-24(13-22)18-32/h6-11,15,22-24,29H,4-5,12-14,16-20H2,1-3H3,(H,35,39)/t22?,23?,24?,29-,32?/m1/s1. The number of hydrogen-bond donors (Lipinski definition) is 1. The molecule has 2 amide bonds. The zero-order chi connectivity index (χ0) is 30.2. The second-order valence-corrected chi connectivity index (χ2v) is 15.3. The lowest BCUT2D eigenvalue weighted by atomic mass is 9.48. The maximum absolute atomic E-state index is 13.9. The molecule has 4 fully saturated rings. The van der Waals surface area contributed by atoms with Gasteiger partial charge in [-0.15, -0.1) is 0 Å². The number of sulfonamides is 1. The first-order chi connectivity index (χ1) is 19.9. The molecule has 2 aromatic carbocycles. The molecule has 4 aliphatic carbocycles. The Balaban J connectivity index is 1.41. The molecule has 6 rings (SSSR count). The van der Waals surface area contributed by atoms with E-state index in [0.29, 0.717) is 34.3 Å². The Bertz CT molecular complexity index is 1390. The SMILES string of the molecule is CCNC(=O)[C@@H](CC)N(Cc1ccc(Cl)c(Cl)c1)C(=O)CN(c1ccc(C23CC4CC(CC(C4)C2)C3)cc1)S(C)(=O)=O. The molecule has 0 aliphatic heterocycles. The molecule has 0 unspecified atom stereocenters. The van der Waals surface area contributed by atoms with Crippen LogP contribution >= 0.6 is 23.2 Å². The van der Waals surface area contributed by atoms with Crippen LogP contribution in [-0.4, -0.2) is 50.5 Å². The number of carbonyl (C=O) groups excluding carboxylic acids is 2. The predicted octanol–water partition coefficient (Wildman–Crippen LogP) is 6.17. The monoisotopic (exact) mass is 633 g/mol. The summed E-state index contributed by atoms with van der Waals surface area (Å²) >= 11 is 12.3. The van der Waals surface area contributed by atoms with Gasteiger partial charge < -0.3 is 10.2 Å². The Morgan fingerprint density at radius 3 is 2.05 bits per heavy atom. The van der Waals surface area contributed by atoms with E-state index in [2.05, 4.69) is 17.4 Å². The lowest BCUT2D eigenvalue weighted by Crippen LogP contribution is -2.52. The zero-order valence-corrected chi connectivity index (χ0v) is 26.9. The van der Waals surface area contributed by atoms with E-state index < -0.39 is 28.5 Å². The van der Waals surface area contributed by atoms with Crippen molar-refractivity contribution in [3.05, 3.63) is 63.6 Å². The highest BCUT2D eigenvalue weighted by Crippen LogP contribution is 2.60. The van der Waals surface area contributed by atoms with Gasteiger partial charge in [-0.05, 0) is 110 Å². The van der Waals surface area contributed by atoms with Gasteiger partial charge in [0.15, 0.2) is 0 Å². The van der Waals surface area contributed by atoms with E-state index in [-0.39, 0.29) is 17.9 Å². The Hall–Kier alpha value is -2.29. The molecule has 1 N–H and O–H groups in total. The lowest BCUT2D eigenvalue weighted by molar-refractivity contribution is -0.140. The maximum atomic E-state index is 13.9. The van der Waals surface area contributed by atoms with E-state index in [9.17, 15) is 18.0 Å². The topological polar surface area (TPSA) is 86.8 Å². The third-order valence-electron chi connectivity index (χ3n) is 9.56. The van der Waals surface area contributed by atoms with Crippen molar-refractivity contribution in [1.82, 2.24) is 10.2 Å². The quantitative estimate of drug-likeness (QED) is 0.321. The van der Waals surface area contributed by atoms with Gasteiger partial charge in [0.25, 0.3) is 0 Å². The Morgan fingerprint density at radius 1 is 0.952 bits per heavy atom. The van der Waals surface area contributed by atoms with E-state index in [4.69, 9.17) is 23.2 Å². The first-order valence-electron chi connectivity index (χ1n) is 15.0. The van der Waals surface area contributed by atoms with Crippen LogP contribution < -0.4 is 9.62 Å². The molecule has 4 aliphatic rings. The molecule has 42 heavy (non-hydrogen) atoms. The predicted molar refractivity (Wildman–Crippen MR) is 168 cm³/mol. The first kappa shape index (κ1) is 31.1. The highest BCUT2D eigenvalue weighted by molar-refractivity contribution is 7.92. The molecule has 228 valence electrons. The van der Waals surface area contributed by atoms with E-state index >= 15 is 0 Å². The molecule has 10 heteroatoms. The fourth-order valence-electron chi connectivity index (χ4n) is 8.11. The molecule has 0 saturated heterocycles. The molecule has 4 saturated carbocycles. The van der Waals surface area contributed by atoms with Gasteiger partial charge in [-0.2, -0.15) is 0 Å². The van der Waals surface area contributed by atoms with Crippen LogP contribution in [0.3, 0.4) is 0 Å². The van der Waals surface area contributed by atoms with E-state index in [1.54, 1.807) is 18.2 Å². The van der Waals surface area contributed by atoms with Gasteiger partial charge in [0, 0.05) is 13.1 Å². The summed E-state index contributed by atoms with van der Waals surface area (Å²) in [6.07, 6.45) is 9.19. The fraction of sp³-hybridized carbons (Fsp3) is 0.562. The second-order valence-electron chi connectivity index (χ2n) is 12.6. The van der Waals surface area contributed by atoms with E-state index in [1.165, 1.54) is 49.0 Å². The van der Waals surface area contributed by atoms with Gasteiger partial charge in [-0.25, -0.2) is 8.42 Å². The molecule has 4 bridgehead atoms. The van der Waals surface area contributed by atoms with Crippen LogP contribution in [0, 0.1) is 17.8 Å². The first-order valence-corrected chi connectivity index (χ1v) is 17.6. The highest BCUT2D eigenvalue weighted by atomic mass is 35.5. The number of carbonyl (C=O) groups is 2. The number of amides is 2. The van der Waals surface area contributed by atoms with Crippen molar-refractivity contribution in [2.45, 2.75) is 76.8 Å². The van der Waals surface area contributed by atoms with E-state index in [0.717, 1.165) is 28.3 Å². The van der Waals surface area contributed by atoms with Gasteiger partial charge in [0.1, 0.15) is 12.6 Å². The molecule has 0 radical (unpaired) electrons. The molecule has 0 spiro atoms. The van der Waals surface area contributed by atoms with Crippen LogP contribution in [0.2, 0.25) is 10.0 Å². The Morgan fingerprint density at radius 2 is 1.55 bits per heavy atom. The Labute approximate surface area is 260 Å². The van der Waals surface area contributed by atoms with Gasteiger partial charge in [0.2, 0.25) is 21.8 Å². The van der Waals surface area contributed by atoms with Crippen molar-refractivity contribution in [2.24, 2.45) is 17.8 Å². The van der Waals surface area contributed by atoms with Crippen LogP contribution in [0.15, 0.2) is 42.5 Å². The van der Waals surface area contributed by atoms with Crippen LogP contribution in [0.4, 0.5) is 5.69 Å². The number of nitrogens with one attached hydrogen (secondary N) is 1. The van der Waals surface area contributed by atoms with Crippen molar-refractivity contribution in [2.75, 3.05) is 23.7 Å². The van der Waals surface area contributed by atoms with Crippen LogP contribution in [0.5, 0.6) is 0 Å². The third-order valence-corrected chi connectivity index (χ3v) is 11.4. The summed E-state index contributed by atoms with van der Waals surface area (Å²) in [5.74, 6) is 1.64. The van der Waals surface area contributed by atoms with Gasteiger partial charge in [-0.1, -0.05) is 48.3 Å². The normalized spacial score (nSPS) is 25.2. The number of likely N-dealkylation sites (N-methyl/N-ethyl adjacent to an activating group) is 1. The molecular formula is C32H41Cl2N3O4S. The highest BCUT2D eigenvalue weighted by Gasteiger charge is 2.51. The van der Waals surface area contributed by atoms with E-state index in [1.807, 2.05) is 26.0 Å². The lowest BCUT2D eigenvalue weighted by Gasteiger charge is -2.57. The van der Waals surface area contributed by atoms with Crippen molar-refractivity contribution in [1.29, 1.82) is 0 Å². The number of rotatable bonds is 11. The number of nitrogens with zero attached hydrogens (tertiary/aromatic N) is 2. The van der Waals surface area contributed by atoms with Gasteiger partial charge >= 0.3 is 0 Å². The molecule has 0 aromatic heterocycles. The molecular weight excluding hydrogens is 593 g/mol. The second kappa shape index (κ2) is 12.4. The minimum atomic E-state index is -3.81. The average molecular weight is 635 g/mol. The number of hydrogen-bond acceptors (Lipinski definition) is 4. The maximum Gasteiger partial charge on any atom is 0.244 e. The number of halogens is 2. The average Bonchev–Trinajstić information content (AvgIpc) is 2.92. The molecule has 1 atom stereocenters. The summed E-state index contributed by atoms with van der Waals surface area (Å²) in [5.41, 5.74) is 2.61. The Kier molecular flexibility index (Phi) is 9.17. The summed E-state index contributed by atoms with van der Waals surface area (Å²) < 4.78 is 27.3. The molecule has 7 nitrogen and oxygen atoms in total. The summed E-state index contributed by atoms with van der Waals surface area (Å²) in [7, 11) is -3.81. The molecule has 0 heterocycles. The van der Waals surface area contributed by atoms with Crippen molar-refractivity contribution in [3.63, 3.8) is 0 Å². The minimum Gasteiger partial charge on any atom is -0.355 e. The van der Waals surface area contributed by atoms with Crippen molar-refractivity contribution < 1.29 is 18.0 Å². The minimum absolute atomic E-state index is 0.0773. The van der Waals surface area contributed by atoms with Gasteiger partial charge in [0.05, 0.1) is 22.0 Å². The summed E-state index contributed by atoms with van der Waals surface area (Å²) in [6, 6.07) is 12.1. The van der Waals surface area contributed by atoms with Crippen molar-refractivity contribution in [3.8, 4) is 0 Å². The smallest absolute Gasteiger partial charge is 0.244 e. The van der Waals surface area contributed by atoms with Crippen LogP contribution in [0.25, 0.3) is 0 Å². The number of anilines is 1. The molecule has 2 aromatic rings. The van der Waals surface area contributed by atoms with Crippen LogP contribution in [0.1, 0.15) is 69.9 Å². The van der Waals surface area contributed by atoms with Crippen LogP contribution in [-0.2, 0) is 31.6 Å². The number of benzene rings is 2. The summed E-state index contributed by atoms with van der Waals surface area (Å²) in [5, 5.41) is 3.52. The van der Waals surface area contributed by atoms with Crippen molar-refractivity contribution >= 4 is 50.7 Å². The van der Waals surface area contributed by atoms with Gasteiger partial charge in [-0.3, -0.25) is 13.9 Å². The fourth-order valence-corrected chi connectivity index (χ4v) is 9.28. The summed E-state index contributed by atoms with van der Waals surface area (Å²) in [6.45, 7) is 3.71. The summed E-state index contributed by atoms with van der Waals surface area (Å²) in [4.78, 5) is 28.4.